The van der Waals surface area contributed by atoms with E-state index in [2.05, 4.69) is 9.71 Å². The number of nitrogens with zero attached hydrogens (tertiary/aromatic N) is 2. The lowest BCUT2D eigenvalue weighted by Gasteiger charge is -2.16. The molecule has 0 unspecified atom stereocenters. The fraction of sp³-hybridized carbons (Fsp3) is 0.217. The van der Waals surface area contributed by atoms with Crippen molar-refractivity contribution in [2.75, 3.05) is 18.4 Å². The third-order valence-corrected chi connectivity index (χ3v) is 5.87. The van der Waals surface area contributed by atoms with Crippen LogP contribution in [0.1, 0.15) is 25.3 Å². The standard InChI is InChI=1S/C23H23N3O4S/c1-3-4-13-30-23-18(16-24)15-21(26-31(27,28)20-11-6-5-7-12-20)22(25-23)17-9-8-10-19(14-17)29-2/h5-12,14-15,26H,3-4,13H2,1-2H3. The second-order valence-electron chi connectivity index (χ2n) is 6.70. The second kappa shape index (κ2) is 9.96. The number of benzene rings is 2. The van der Waals surface area contributed by atoms with Crippen LogP contribution in [0.3, 0.4) is 0 Å². The average molecular weight is 438 g/mol. The monoisotopic (exact) mass is 437 g/mol. The number of pyridine rings is 1. The molecule has 0 spiro atoms. The first-order chi connectivity index (χ1) is 15.0. The van der Waals surface area contributed by atoms with E-state index in [1.54, 1.807) is 49.6 Å². The fourth-order valence-corrected chi connectivity index (χ4v) is 3.95. The summed E-state index contributed by atoms with van der Waals surface area (Å²) in [5.41, 5.74) is 1.28. The minimum Gasteiger partial charge on any atom is -0.497 e. The van der Waals surface area contributed by atoms with Crippen LogP contribution in [0.2, 0.25) is 0 Å². The van der Waals surface area contributed by atoms with Gasteiger partial charge in [-0.15, -0.1) is 0 Å². The summed E-state index contributed by atoms with van der Waals surface area (Å²) in [6.07, 6.45) is 1.74. The van der Waals surface area contributed by atoms with Crippen molar-refractivity contribution < 1.29 is 17.9 Å². The number of anilines is 1. The van der Waals surface area contributed by atoms with Gasteiger partial charge < -0.3 is 9.47 Å². The van der Waals surface area contributed by atoms with E-state index in [9.17, 15) is 13.7 Å². The van der Waals surface area contributed by atoms with Gasteiger partial charge in [-0.2, -0.15) is 5.26 Å². The number of hydrogen-bond donors (Lipinski definition) is 1. The van der Waals surface area contributed by atoms with E-state index in [-0.39, 0.29) is 22.0 Å². The number of ether oxygens (including phenoxy) is 2. The average Bonchev–Trinajstić information content (AvgIpc) is 2.80. The maximum absolute atomic E-state index is 12.9. The van der Waals surface area contributed by atoms with E-state index in [1.165, 1.54) is 18.2 Å². The molecule has 0 aliphatic rings. The van der Waals surface area contributed by atoms with Gasteiger partial charge in [-0.1, -0.05) is 43.7 Å². The van der Waals surface area contributed by atoms with Crippen LogP contribution in [-0.2, 0) is 10.0 Å². The summed E-state index contributed by atoms with van der Waals surface area (Å²) in [6, 6.07) is 18.6. The summed E-state index contributed by atoms with van der Waals surface area (Å²) in [5.74, 6) is 0.755. The second-order valence-corrected chi connectivity index (χ2v) is 8.38. The molecule has 31 heavy (non-hydrogen) atoms. The zero-order chi connectivity index (χ0) is 22.3. The molecule has 1 heterocycles. The summed E-state index contributed by atoms with van der Waals surface area (Å²) >= 11 is 0. The quantitative estimate of drug-likeness (QED) is 0.491. The summed E-state index contributed by atoms with van der Waals surface area (Å²) in [6.45, 7) is 2.44. The third kappa shape index (κ3) is 5.32. The van der Waals surface area contributed by atoms with Crippen LogP contribution in [0, 0.1) is 11.3 Å². The Balaban J connectivity index is 2.12. The van der Waals surface area contributed by atoms with Crippen molar-refractivity contribution in [3.63, 3.8) is 0 Å². The van der Waals surface area contributed by atoms with E-state index in [0.717, 1.165) is 12.8 Å². The van der Waals surface area contributed by atoms with Crippen LogP contribution < -0.4 is 14.2 Å². The number of hydrogen-bond acceptors (Lipinski definition) is 6. The Kier molecular flexibility index (Phi) is 7.11. The highest BCUT2D eigenvalue weighted by atomic mass is 32.2. The van der Waals surface area contributed by atoms with Gasteiger partial charge in [-0.05, 0) is 36.8 Å². The first-order valence-corrected chi connectivity index (χ1v) is 11.3. The number of sulfonamides is 1. The van der Waals surface area contributed by atoms with Crippen LogP contribution in [0.25, 0.3) is 11.3 Å². The predicted octanol–water partition coefficient (Wildman–Crippen LogP) is 4.61. The SMILES string of the molecule is CCCCOc1nc(-c2cccc(OC)c2)c(NS(=O)(=O)c2ccccc2)cc1C#N. The molecule has 0 saturated carbocycles. The number of aromatic nitrogens is 1. The number of methoxy groups -OCH3 is 1. The summed E-state index contributed by atoms with van der Waals surface area (Å²) < 4.78 is 39.4. The Labute approximate surface area is 182 Å². The number of unbranched alkanes of at least 4 members (excludes halogenated alkanes) is 1. The predicted molar refractivity (Wildman–Crippen MR) is 119 cm³/mol. The van der Waals surface area contributed by atoms with E-state index in [1.807, 2.05) is 13.0 Å². The molecule has 0 aliphatic carbocycles. The van der Waals surface area contributed by atoms with Gasteiger partial charge in [-0.3, -0.25) is 4.72 Å². The van der Waals surface area contributed by atoms with Crippen LogP contribution in [-0.4, -0.2) is 27.1 Å². The number of rotatable bonds is 9. The molecule has 3 rings (SSSR count). The van der Waals surface area contributed by atoms with Crippen molar-refractivity contribution in [2.24, 2.45) is 0 Å². The molecule has 0 radical (unpaired) electrons. The lowest BCUT2D eigenvalue weighted by atomic mass is 10.1. The smallest absolute Gasteiger partial charge is 0.261 e. The summed E-state index contributed by atoms with van der Waals surface area (Å²) in [5, 5.41) is 9.59. The van der Waals surface area contributed by atoms with Crippen molar-refractivity contribution >= 4 is 15.7 Å². The van der Waals surface area contributed by atoms with Gasteiger partial charge in [0.05, 0.1) is 30.0 Å². The highest BCUT2D eigenvalue weighted by Crippen LogP contribution is 2.34. The van der Waals surface area contributed by atoms with E-state index in [4.69, 9.17) is 9.47 Å². The number of nitrogens with one attached hydrogen (secondary N) is 1. The van der Waals surface area contributed by atoms with E-state index < -0.39 is 10.0 Å². The fourth-order valence-electron chi connectivity index (χ4n) is 2.87. The van der Waals surface area contributed by atoms with E-state index >= 15 is 0 Å². The largest absolute Gasteiger partial charge is 0.497 e. The maximum Gasteiger partial charge on any atom is 0.261 e. The van der Waals surface area contributed by atoms with E-state index in [0.29, 0.717) is 23.6 Å². The first kappa shape index (κ1) is 22.1. The third-order valence-electron chi connectivity index (χ3n) is 4.49. The minimum atomic E-state index is -3.89. The first-order valence-electron chi connectivity index (χ1n) is 9.78. The van der Waals surface area contributed by atoms with Gasteiger partial charge in [0, 0.05) is 5.56 Å². The molecule has 160 valence electrons. The Morgan fingerprint density at radius 3 is 2.55 bits per heavy atom. The molecule has 3 aromatic rings. The summed E-state index contributed by atoms with van der Waals surface area (Å²) in [4.78, 5) is 4.62. The number of nitriles is 1. The lowest BCUT2D eigenvalue weighted by Crippen LogP contribution is -2.14. The van der Waals surface area contributed by atoms with Crippen molar-refractivity contribution in [3.05, 3.63) is 66.2 Å². The van der Waals surface area contributed by atoms with Crippen molar-refractivity contribution in [3.8, 4) is 29.0 Å². The zero-order valence-electron chi connectivity index (χ0n) is 17.3. The van der Waals surface area contributed by atoms with Gasteiger partial charge in [0.15, 0.2) is 0 Å². The van der Waals surface area contributed by atoms with Crippen LogP contribution in [0.15, 0.2) is 65.6 Å². The molecule has 0 amide bonds. The molecule has 8 heteroatoms. The Hall–Kier alpha value is -3.57. The van der Waals surface area contributed by atoms with Crippen molar-refractivity contribution in [1.82, 2.24) is 4.98 Å². The Morgan fingerprint density at radius 2 is 1.87 bits per heavy atom. The summed E-state index contributed by atoms with van der Waals surface area (Å²) in [7, 11) is -2.34. The molecule has 7 nitrogen and oxygen atoms in total. The normalized spacial score (nSPS) is 10.9. The molecule has 2 aromatic carbocycles. The molecular weight excluding hydrogens is 414 g/mol. The van der Waals surface area contributed by atoms with Crippen LogP contribution >= 0.6 is 0 Å². The maximum atomic E-state index is 12.9. The molecule has 0 saturated heterocycles. The minimum absolute atomic E-state index is 0.105. The van der Waals surface area contributed by atoms with Gasteiger partial charge in [0.2, 0.25) is 5.88 Å². The molecule has 0 aliphatic heterocycles. The molecule has 0 atom stereocenters. The molecule has 1 N–H and O–H groups in total. The van der Waals surface area contributed by atoms with Crippen LogP contribution in [0.4, 0.5) is 5.69 Å². The van der Waals surface area contributed by atoms with Crippen molar-refractivity contribution in [2.45, 2.75) is 24.7 Å². The lowest BCUT2D eigenvalue weighted by molar-refractivity contribution is 0.297. The van der Waals surface area contributed by atoms with Crippen LogP contribution in [0.5, 0.6) is 11.6 Å². The highest BCUT2D eigenvalue weighted by molar-refractivity contribution is 7.92. The molecule has 0 fully saturated rings. The molecule has 0 bridgehead atoms. The van der Waals surface area contributed by atoms with Gasteiger partial charge in [0.1, 0.15) is 17.4 Å². The molecule has 1 aromatic heterocycles. The highest BCUT2D eigenvalue weighted by Gasteiger charge is 2.21. The van der Waals surface area contributed by atoms with Gasteiger partial charge in [0.25, 0.3) is 10.0 Å². The van der Waals surface area contributed by atoms with Gasteiger partial charge >= 0.3 is 0 Å². The van der Waals surface area contributed by atoms with Gasteiger partial charge in [-0.25, -0.2) is 13.4 Å². The topological polar surface area (TPSA) is 101 Å². The zero-order valence-corrected chi connectivity index (χ0v) is 18.1. The van der Waals surface area contributed by atoms with Crippen molar-refractivity contribution in [1.29, 1.82) is 5.26 Å². The molecular formula is C23H23N3O4S. The Bertz CT molecular complexity index is 1190. The Morgan fingerprint density at radius 1 is 1.10 bits per heavy atom.